The molecule has 1 N–H and O–H groups in total. The summed E-state index contributed by atoms with van der Waals surface area (Å²) in [5.74, 6) is -1.13. The van der Waals surface area contributed by atoms with Crippen LogP contribution in [0.5, 0.6) is 0 Å². The van der Waals surface area contributed by atoms with Crippen molar-refractivity contribution in [3.63, 3.8) is 0 Å². The number of carbonyl (C=O) groups is 1. The molecular formula is C19H21FN2O3S. The van der Waals surface area contributed by atoms with E-state index in [2.05, 4.69) is 5.32 Å². The first-order valence-electron chi connectivity index (χ1n) is 8.50. The normalized spacial score (nSPS) is 16.4. The Kier molecular flexibility index (Phi) is 5.38. The summed E-state index contributed by atoms with van der Waals surface area (Å²) in [6.45, 7) is 2.34. The lowest BCUT2D eigenvalue weighted by Crippen LogP contribution is -2.41. The molecule has 0 radical (unpaired) electrons. The summed E-state index contributed by atoms with van der Waals surface area (Å²) in [5, 5.41) is 2.88. The summed E-state index contributed by atoms with van der Waals surface area (Å²) in [6, 6.07) is 12.9. The molecule has 1 heterocycles. The number of nitrogens with one attached hydrogen (secondary N) is 1. The summed E-state index contributed by atoms with van der Waals surface area (Å²) in [4.78, 5) is 12.1. The molecule has 0 aliphatic carbocycles. The lowest BCUT2D eigenvalue weighted by atomic mass is 9.97. The van der Waals surface area contributed by atoms with Crippen LogP contribution in [0.2, 0.25) is 0 Å². The van der Waals surface area contributed by atoms with E-state index in [1.54, 1.807) is 0 Å². The van der Waals surface area contributed by atoms with Crippen LogP contribution in [0, 0.1) is 18.7 Å². The zero-order chi connectivity index (χ0) is 18.7. The van der Waals surface area contributed by atoms with E-state index in [1.165, 1.54) is 22.5 Å². The molecule has 1 aliphatic heterocycles. The summed E-state index contributed by atoms with van der Waals surface area (Å²) in [6.07, 6.45) is 0.816. The number of rotatable bonds is 4. The number of nitrogens with zero attached hydrogens (tertiary/aromatic N) is 1. The number of piperidine rings is 1. The van der Waals surface area contributed by atoms with Gasteiger partial charge in [0, 0.05) is 24.7 Å². The SMILES string of the molecule is Cc1cccc(NC(=O)C2CCN(S(=O)(=O)c3ccccc3F)CC2)c1. The Labute approximate surface area is 152 Å². The van der Waals surface area contributed by atoms with Crippen LogP contribution >= 0.6 is 0 Å². The van der Waals surface area contributed by atoms with Gasteiger partial charge in [0.2, 0.25) is 15.9 Å². The average Bonchev–Trinajstić information content (AvgIpc) is 2.62. The van der Waals surface area contributed by atoms with Crippen molar-refractivity contribution in [2.45, 2.75) is 24.7 Å². The van der Waals surface area contributed by atoms with Crippen LogP contribution in [0.3, 0.4) is 0 Å². The third kappa shape index (κ3) is 3.94. The van der Waals surface area contributed by atoms with E-state index in [1.807, 2.05) is 31.2 Å². The Morgan fingerprint density at radius 2 is 1.81 bits per heavy atom. The van der Waals surface area contributed by atoms with E-state index in [4.69, 9.17) is 0 Å². The van der Waals surface area contributed by atoms with Crippen molar-refractivity contribution in [2.24, 2.45) is 5.92 Å². The number of anilines is 1. The number of sulfonamides is 1. The van der Waals surface area contributed by atoms with Gasteiger partial charge in [-0.05, 0) is 49.6 Å². The minimum atomic E-state index is -3.88. The molecular weight excluding hydrogens is 355 g/mol. The molecule has 0 aromatic heterocycles. The molecule has 138 valence electrons. The number of hydrogen-bond donors (Lipinski definition) is 1. The first-order valence-corrected chi connectivity index (χ1v) is 9.94. The lowest BCUT2D eigenvalue weighted by Gasteiger charge is -2.30. The zero-order valence-electron chi connectivity index (χ0n) is 14.5. The third-order valence-electron chi connectivity index (χ3n) is 4.56. The van der Waals surface area contributed by atoms with Gasteiger partial charge in [-0.1, -0.05) is 24.3 Å². The fourth-order valence-corrected chi connectivity index (χ4v) is 4.65. The van der Waals surface area contributed by atoms with Gasteiger partial charge >= 0.3 is 0 Å². The molecule has 0 bridgehead atoms. The van der Waals surface area contributed by atoms with Gasteiger partial charge in [-0.2, -0.15) is 4.31 Å². The highest BCUT2D eigenvalue weighted by molar-refractivity contribution is 7.89. The van der Waals surface area contributed by atoms with Crippen molar-refractivity contribution < 1.29 is 17.6 Å². The Bertz CT molecular complexity index is 907. The highest BCUT2D eigenvalue weighted by atomic mass is 32.2. The molecule has 0 atom stereocenters. The van der Waals surface area contributed by atoms with Crippen molar-refractivity contribution in [2.75, 3.05) is 18.4 Å². The molecule has 26 heavy (non-hydrogen) atoms. The number of carbonyl (C=O) groups excluding carboxylic acids is 1. The van der Waals surface area contributed by atoms with Crippen LogP contribution in [0.15, 0.2) is 53.4 Å². The zero-order valence-corrected chi connectivity index (χ0v) is 15.3. The standard InChI is InChI=1S/C19H21FN2O3S/c1-14-5-4-6-16(13-14)21-19(23)15-9-11-22(12-10-15)26(24,25)18-8-3-2-7-17(18)20/h2-8,13,15H,9-12H2,1H3,(H,21,23). The highest BCUT2D eigenvalue weighted by Gasteiger charge is 2.33. The molecule has 0 saturated carbocycles. The molecule has 2 aromatic rings. The van der Waals surface area contributed by atoms with Crippen LogP contribution in [-0.4, -0.2) is 31.7 Å². The van der Waals surface area contributed by atoms with Crippen LogP contribution in [-0.2, 0) is 14.8 Å². The highest BCUT2D eigenvalue weighted by Crippen LogP contribution is 2.26. The average molecular weight is 376 g/mol. The van der Waals surface area contributed by atoms with Crippen LogP contribution < -0.4 is 5.32 Å². The number of aryl methyl sites for hydroxylation is 1. The number of amides is 1. The molecule has 1 aliphatic rings. The van der Waals surface area contributed by atoms with Crippen molar-refractivity contribution in [3.8, 4) is 0 Å². The van der Waals surface area contributed by atoms with Gasteiger partial charge in [0.25, 0.3) is 0 Å². The second-order valence-corrected chi connectivity index (χ2v) is 8.37. The molecule has 7 heteroatoms. The van der Waals surface area contributed by atoms with Gasteiger partial charge in [0.1, 0.15) is 10.7 Å². The van der Waals surface area contributed by atoms with E-state index in [9.17, 15) is 17.6 Å². The van der Waals surface area contributed by atoms with Gasteiger partial charge in [-0.15, -0.1) is 0 Å². The Hall–Kier alpha value is -2.25. The second-order valence-electron chi connectivity index (χ2n) is 6.47. The van der Waals surface area contributed by atoms with E-state index in [0.717, 1.165) is 17.3 Å². The minimum absolute atomic E-state index is 0.112. The van der Waals surface area contributed by atoms with Crippen molar-refractivity contribution in [3.05, 3.63) is 59.9 Å². The molecule has 3 rings (SSSR count). The van der Waals surface area contributed by atoms with Crippen molar-refractivity contribution in [1.29, 1.82) is 0 Å². The predicted molar refractivity (Wildman–Crippen MR) is 97.7 cm³/mol. The first kappa shape index (κ1) is 18.5. The maximum Gasteiger partial charge on any atom is 0.245 e. The Balaban J connectivity index is 1.64. The lowest BCUT2D eigenvalue weighted by molar-refractivity contribution is -0.120. The summed E-state index contributed by atoms with van der Waals surface area (Å²) >= 11 is 0. The van der Waals surface area contributed by atoms with Gasteiger partial charge in [0.15, 0.2) is 0 Å². The Morgan fingerprint density at radius 1 is 1.12 bits per heavy atom. The van der Waals surface area contributed by atoms with Crippen molar-refractivity contribution in [1.82, 2.24) is 4.31 Å². The molecule has 5 nitrogen and oxygen atoms in total. The molecule has 0 unspecified atom stereocenters. The van der Waals surface area contributed by atoms with Gasteiger partial charge in [-0.3, -0.25) is 4.79 Å². The van der Waals surface area contributed by atoms with E-state index >= 15 is 0 Å². The van der Waals surface area contributed by atoms with Crippen LogP contribution in [0.4, 0.5) is 10.1 Å². The first-order chi connectivity index (χ1) is 12.4. The van der Waals surface area contributed by atoms with E-state index < -0.39 is 15.8 Å². The van der Waals surface area contributed by atoms with Crippen LogP contribution in [0.1, 0.15) is 18.4 Å². The summed E-state index contributed by atoms with van der Waals surface area (Å²) < 4.78 is 40.3. The largest absolute Gasteiger partial charge is 0.326 e. The fraction of sp³-hybridized carbons (Fsp3) is 0.316. The molecule has 0 spiro atoms. The molecule has 1 saturated heterocycles. The number of halogens is 1. The monoisotopic (exact) mass is 376 g/mol. The fourth-order valence-electron chi connectivity index (χ4n) is 3.12. The maximum absolute atomic E-state index is 13.9. The van der Waals surface area contributed by atoms with Crippen molar-refractivity contribution >= 4 is 21.6 Å². The van der Waals surface area contributed by atoms with Crippen LogP contribution in [0.25, 0.3) is 0 Å². The summed E-state index contributed by atoms with van der Waals surface area (Å²) in [7, 11) is -3.88. The topological polar surface area (TPSA) is 66.5 Å². The quantitative estimate of drug-likeness (QED) is 0.891. The molecule has 1 fully saturated rings. The number of benzene rings is 2. The van der Waals surface area contributed by atoms with Gasteiger partial charge < -0.3 is 5.32 Å². The molecule has 2 aromatic carbocycles. The number of hydrogen-bond acceptors (Lipinski definition) is 3. The van der Waals surface area contributed by atoms with Gasteiger partial charge in [0.05, 0.1) is 0 Å². The van der Waals surface area contributed by atoms with Gasteiger partial charge in [-0.25, -0.2) is 12.8 Å². The van der Waals surface area contributed by atoms with E-state index in [-0.39, 0.29) is 29.8 Å². The Morgan fingerprint density at radius 3 is 2.46 bits per heavy atom. The summed E-state index contributed by atoms with van der Waals surface area (Å²) in [5.41, 5.74) is 1.78. The van der Waals surface area contributed by atoms with E-state index in [0.29, 0.717) is 12.8 Å². The third-order valence-corrected chi connectivity index (χ3v) is 6.50. The predicted octanol–water partition coefficient (Wildman–Crippen LogP) is 3.17. The minimum Gasteiger partial charge on any atom is -0.326 e. The smallest absolute Gasteiger partial charge is 0.245 e. The molecule has 1 amide bonds. The second kappa shape index (κ2) is 7.55. The maximum atomic E-state index is 13.9.